The quantitative estimate of drug-likeness (QED) is 0.656. The average Bonchev–Trinajstić information content (AvgIpc) is 2.26. The van der Waals surface area contributed by atoms with Gasteiger partial charge in [-0.2, -0.15) is 0 Å². The zero-order chi connectivity index (χ0) is 10.9. The van der Waals surface area contributed by atoms with Crippen LogP contribution in [0, 0.1) is 0 Å². The molecule has 0 amide bonds. The molecule has 0 bridgehead atoms. The van der Waals surface area contributed by atoms with Gasteiger partial charge in [0.1, 0.15) is 5.78 Å². The normalized spacial score (nSPS) is 18.3. The lowest BCUT2D eigenvalue weighted by Crippen LogP contribution is -2.33. The van der Waals surface area contributed by atoms with Gasteiger partial charge in [0.2, 0.25) is 0 Å². The van der Waals surface area contributed by atoms with Gasteiger partial charge in [0.25, 0.3) is 0 Å². The lowest BCUT2D eigenvalue weighted by Gasteiger charge is -2.22. The van der Waals surface area contributed by atoms with Crippen LogP contribution >= 0.6 is 0 Å². The van der Waals surface area contributed by atoms with E-state index in [4.69, 9.17) is 0 Å². The molecule has 15 heavy (non-hydrogen) atoms. The van der Waals surface area contributed by atoms with E-state index in [1.807, 2.05) is 0 Å². The number of nitrogens with one attached hydrogen (secondary N) is 1. The topological polar surface area (TPSA) is 29.1 Å². The minimum atomic E-state index is 0.455. The zero-order valence-electron chi connectivity index (χ0n) is 10.1. The van der Waals surface area contributed by atoms with Crippen molar-refractivity contribution in [3.8, 4) is 0 Å². The Morgan fingerprint density at radius 2 is 1.80 bits per heavy atom. The van der Waals surface area contributed by atoms with Gasteiger partial charge in [-0.3, -0.25) is 4.79 Å². The monoisotopic (exact) mass is 211 g/mol. The van der Waals surface area contributed by atoms with Gasteiger partial charge in [-0.25, -0.2) is 0 Å². The molecule has 0 heterocycles. The molecule has 1 fully saturated rings. The molecule has 2 heteroatoms. The fraction of sp³-hybridized carbons (Fsp3) is 0.923. The molecule has 0 radical (unpaired) electrons. The summed E-state index contributed by atoms with van der Waals surface area (Å²) in [5, 5.41) is 3.57. The Morgan fingerprint density at radius 3 is 2.47 bits per heavy atom. The Morgan fingerprint density at radius 1 is 1.13 bits per heavy atom. The van der Waals surface area contributed by atoms with Crippen molar-refractivity contribution in [3.05, 3.63) is 0 Å². The van der Waals surface area contributed by atoms with Crippen molar-refractivity contribution in [1.82, 2.24) is 5.32 Å². The lowest BCUT2D eigenvalue weighted by molar-refractivity contribution is -0.120. The molecule has 1 rings (SSSR count). The fourth-order valence-corrected chi connectivity index (χ4v) is 2.18. The van der Waals surface area contributed by atoms with Crippen LogP contribution in [0.25, 0.3) is 0 Å². The SMILES string of the molecule is CCCCCCCNC1CCC(=O)CC1. The molecule has 1 aliphatic rings. The smallest absolute Gasteiger partial charge is 0.133 e. The fourth-order valence-electron chi connectivity index (χ4n) is 2.18. The maximum absolute atomic E-state index is 11.0. The number of carbonyl (C=O) groups excluding carboxylic acids is 1. The summed E-state index contributed by atoms with van der Waals surface area (Å²) in [5.74, 6) is 0.455. The number of ketones is 1. The standard InChI is InChI=1S/C13H25NO/c1-2-3-4-5-6-11-14-12-7-9-13(15)10-8-12/h12,14H,2-11H2,1H3. The first-order chi connectivity index (χ1) is 7.33. The van der Waals surface area contributed by atoms with Crippen molar-refractivity contribution in [1.29, 1.82) is 0 Å². The van der Waals surface area contributed by atoms with Crippen LogP contribution in [0.15, 0.2) is 0 Å². The van der Waals surface area contributed by atoms with E-state index in [1.54, 1.807) is 0 Å². The second kappa shape index (κ2) is 7.86. The van der Waals surface area contributed by atoms with Gasteiger partial charge < -0.3 is 5.32 Å². The summed E-state index contributed by atoms with van der Waals surface area (Å²) in [6.45, 7) is 3.39. The van der Waals surface area contributed by atoms with Gasteiger partial charge in [0.05, 0.1) is 0 Å². The largest absolute Gasteiger partial charge is 0.314 e. The third kappa shape index (κ3) is 5.93. The molecule has 1 aliphatic carbocycles. The predicted molar refractivity (Wildman–Crippen MR) is 64.0 cm³/mol. The van der Waals surface area contributed by atoms with Gasteiger partial charge in [-0.05, 0) is 25.8 Å². The highest BCUT2D eigenvalue weighted by molar-refractivity contribution is 5.79. The van der Waals surface area contributed by atoms with Crippen LogP contribution in [0.2, 0.25) is 0 Å². The molecule has 1 N–H and O–H groups in total. The minimum Gasteiger partial charge on any atom is -0.314 e. The van der Waals surface area contributed by atoms with E-state index in [1.165, 1.54) is 32.1 Å². The third-order valence-electron chi connectivity index (χ3n) is 3.26. The zero-order valence-corrected chi connectivity index (χ0v) is 10.1. The summed E-state index contributed by atoms with van der Waals surface area (Å²) in [6, 6.07) is 0.619. The molecule has 0 spiro atoms. The van der Waals surface area contributed by atoms with E-state index in [-0.39, 0.29) is 0 Å². The van der Waals surface area contributed by atoms with Crippen LogP contribution in [0.5, 0.6) is 0 Å². The molecule has 0 unspecified atom stereocenters. The molecule has 0 saturated heterocycles. The Hall–Kier alpha value is -0.370. The van der Waals surface area contributed by atoms with Crippen molar-refractivity contribution in [2.75, 3.05) is 6.54 Å². The third-order valence-corrected chi connectivity index (χ3v) is 3.26. The number of Topliss-reactive ketones (excluding diaryl/α,β-unsaturated/α-hetero) is 1. The van der Waals surface area contributed by atoms with E-state index in [2.05, 4.69) is 12.2 Å². The molecular formula is C13H25NO. The van der Waals surface area contributed by atoms with Gasteiger partial charge in [-0.1, -0.05) is 32.6 Å². The first-order valence-corrected chi connectivity index (χ1v) is 6.58. The summed E-state index contributed by atoms with van der Waals surface area (Å²) in [5.41, 5.74) is 0. The lowest BCUT2D eigenvalue weighted by atomic mass is 9.94. The summed E-state index contributed by atoms with van der Waals surface area (Å²) in [6.07, 6.45) is 10.4. The van der Waals surface area contributed by atoms with E-state index in [9.17, 15) is 4.79 Å². The Balaban J connectivity index is 1.89. The average molecular weight is 211 g/mol. The summed E-state index contributed by atoms with van der Waals surface area (Å²) < 4.78 is 0. The summed E-state index contributed by atoms with van der Waals surface area (Å²) in [4.78, 5) is 11.0. The Kier molecular flexibility index (Phi) is 6.66. The Labute approximate surface area is 93.8 Å². The van der Waals surface area contributed by atoms with E-state index >= 15 is 0 Å². The molecule has 1 saturated carbocycles. The van der Waals surface area contributed by atoms with Crippen LogP contribution < -0.4 is 5.32 Å². The maximum atomic E-state index is 11.0. The molecule has 0 aliphatic heterocycles. The van der Waals surface area contributed by atoms with Crippen molar-refractivity contribution in [3.63, 3.8) is 0 Å². The number of carbonyl (C=O) groups is 1. The highest BCUT2D eigenvalue weighted by Crippen LogP contribution is 2.14. The second-order valence-corrected chi connectivity index (χ2v) is 4.68. The maximum Gasteiger partial charge on any atom is 0.133 e. The number of hydrogen-bond acceptors (Lipinski definition) is 2. The highest BCUT2D eigenvalue weighted by atomic mass is 16.1. The first kappa shape index (κ1) is 12.7. The van der Waals surface area contributed by atoms with Gasteiger partial charge in [0.15, 0.2) is 0 Å². The molecule has 0 aromatic rings. The number of unbranched alkanes of at least 4 members (excludes halogenated alkanes) is 4. The van der Waals surface area contributed by atoms with Gasteiger partial charge >= 0.3 is 0 Å². The first-order valence-electron chi connectivity index (χ1n) is 6.58. The molecule has 2 nitrogen and oxygen atoms in total. The molecule has 0 aromatic carbocycles. The number of hydrogen-bond donors (Lipinski definition) is 1. The van der Waals surface area contributed by atoms with Crippen molar-refractivity contribution in [2.24, 2.45) is 0 Å². The molecule has 0 aromatic heterocycles. The van der Waals surface area contributed by atoms with Crippen molar-refractivity contribution >= 4 is 5.78 Å². The van der Waals surface area contributed by atoms with Crippen LogP contribution in [-0.4, -0.2) is 18.4 Å². The van der Waals surface area contributed by atoms with Gasteiger partial charge in [0, 0.05) is 18.9 Å². The Bertz CT molecular complexity index is 169. The van der Waals surface area contributed by atoms with E-state index in [0.29, 0.717) is 11.8 Å². The molecule has 88 valence electrons. The van der Waals surface area contributed by atoms with Crippen LogP contribution in [0.1, 0.15) is 64.7 Å². The highest BCUT2D eigenvalue weighted by Gasteiger charge is 2.17. The van der Waals surface area contributed by atoms with Crippen LogP contribution in [0.4, 0.5) is 0 Å². The van der Waals surface area contributed by atoms with E-state index < -0.39 is 0 Å². The van der Waals surface area contributed by atoms with Crippen LogP contribution in [-0.2, 0) is 4.79 Å². The summed E-state index contributed by atoms with van der Waals surface area (Å²) in [7, 11) is 0. The van der Waals surface area contributed by atoms with Crippen LogP contribution in [0.3, 0.4) is 0 Å². The predicted octanol–water partition coefficient (Wildman–Crippen LogP) is 3.06. The van der Waals surface area contributed by atoms with Crippen molar-refractivity contribution in [2.45, 2.75) is 70.8 Å². The van der Waals surface area contributed by atoms with Crippen molar-refractivity contribution < 1.29 is 4.79 Å². The number of rotatable bonds is 7. The second-order valence-electron chi connectivity index (χ2n) is 4.68. The van der Waals surface area contributed by atoms with Gasteiger partial charge in [-0.15, -0.1) is 0 Å². The summed E-state index contributed by atoms with van der Waals surface area (Å²) >= 11 is 0. The van der Waals surface area contributed by atoms with E-state index in [0.717, 1.165) is 32.2 Å². The molecule has 0 atom stereocenters. The minimum absolute atomic E-state index is 0.455. The molecular weight excluding hydrogens is 186 g/mol.